The number of hydrogen-bond acceptors (Lipinski definition) is 6. The molecule has 0 aliphatic carbocycles. The molecule has 2 aliphatic heterocycles. The summed E-state index contributed by atoms with van der Waals surface area (Å²) in [7, 11) is -0.885. The van der Waals surface area contributed by atoms with Crippen molar-refractivity contribution in [2.45, 2.75) is 23.4 Å². The minimum atomic E-state index is -3.97. The molecule has 0 aromatic heterocycles. The molecule has 2 atom stereocenters. The molecule has 2 aliphatic rings. The SMILES string of the molecule is COc1ccc(-c2ccc3c(c2)C(=O)N2CC(NS(=O)(=O)c4ccc(F)cc4)CC2C(=O)N3)c(OC)c1. The Kier molecular flexibility index (Phi) is 6.34. The van der Waals surface area contributed by atoms with E-state index in [1.165, 1.54) is 12.0 Å². The van der Waals surface area contributed by atoms with Crippen LogP contribution in [0.2, 0.25) is 0 Å². The molecule has 2 unspecified atom stereocenters. The zero-order chi connectivity index (χ0) is 26.3. The highest BCUT2D eigenvalue weighted by Crippen LogP contribution is 2.37. The van der Waals surface area contributed by atoms with Crippen LogP contribution < -0.4 is 19.5 Å². The van der Waals surface area contributed by atoms with Gasteiger partial charge < -0.3 is 19.7 Å². The van der Waals surface area contributed by atoms with Crippen LogP contribution in [0.3, 0.4) is 0 Å². The predicted octanol–water partition coefficient (Wildman–Crippen LogP) is 3.02. The molecular weight excluding hydrogens is 501 g/mol. The van der Waals surface area contributed by atoms with Crippen LogP contribution in [0.5, 0.6) is 11.5 Å². The van der Waals surface area contributed by atoms with Crippen LogP contribution in [-0.2, 0) is 14.8 Å². The van der Waals surface area contributed by atoms with Gasteiger partial charge in [-0.05, 0) is 60.5 Å². The third-order valence-corrected chi connectivity index (χ3v) is 8.07. The number of sulfonamides is 1. The number of halogens is 1. The molecule has 2 N–H and O–H groups in total. The summed E-state index contributed by atoms with van der Waals surface area (Å²) >= 11 is 0. The summed E-state index contributed by atoms with van der Waals surface area (Å²) in [6.07, 6.45) is 0.102. The number of fused-ring (bicyclic) bond motifs is 2. The van der Waals surface area contributed by atoms with E-state index in [2.05, 4.69) is 10.0 Å². The van der Waals surface area contributed by atoms with Gasteiger partial charge >= 0.3 is 0 Å². The zero-order valence-corrected chi connectivity index (χ0v) is 20.8. The molecule has 0 spiro atoms. The van der Waals surface area contributed by atoms with E-state index in [0.29, 0.717) is 22.7 Å². The van der Waals surface area contributed by atoms with E-state index < -0.39 is 39.7 Å². The molecule has 3 aromatic rings. The van der Waals surface area contributed by atoms with Crippen molar-refractivity contribution < 1.29 is 31.9 Å². The molecule has 2 heterocycles. The predicted molar refractivity (Wildman–Crippen MR) is 134 cm³/mol. The Labute approximate surface area is 213 Å². The number of benzene rings is 3. The lowest BCUT2D eigenvalue weighted by Crippen LogP contribution is -2.41. The largest absolute Gasteiger partial charge is 0.497 e. The number of amides is 2. The molecule has 1 saturated heterocycles. The quantitative estimate of drug-likeness (QED) is 0.512. The Hall–Kier alpha value is -3.96. The van der Waals surface area contributed by atoms with Gasteiger partial charge in [0, 0.05) is 24.2 Å². The number of rotatable bonds is 6. The van der Waals surface area contributed by atoms with E-state index in [1.54, 1.807) is 37.4 Å². The number of carbonyl (C=O) groups excluding carboxylic acids is 2. The van der Waals surface area contributed by atoms with Crippen molar-refractivity contribution in [1.29, 1.82) is 0 Å². The number of ether oxygens (including phenoxy) is 2. The minimum Gasteiger partial charge on any atom is -0.497 e. The molecule has 1 fully saturated rings. The summed E-state index contributed by atoms with van der Waals surface area (Å²) in [4.78, 5) is 27.9. The summed E-state index contributed by atoms with van der Waals surface area (Å²) in [6.45, 7) is 0.00681. The average molecular weight is 526 g/mol. The van der Waals surface area contributed by atoms with Crippen LogP contribution in [0.1, 0.15) is 16.8 Å². The van der Waals surface area contributed by atoms with Gasteiger partial charge in [0.1, 0.15) is 23.4 Å². The lowest BCUT2D eigenvalue weighted by atomic mass is 10.00. The zero-order valence-electron chi connectivity index (χ0n) is 20.0. The molecule has 192 valence electrons. The normalized spacial score (nSPS) is 19.1. The highest BCUT2D eigenvalue weighted by Gasteiger charge is 2.44. The Balaban J connectivity index is 1.43. The van der Waals surface area contributed by atoms with E-state index in [4.69, 9.17) is 9.47 Å². The van der Waals surface area contributed by atoms with Gasteiger partial charge in [0.25, 0.3) is 5.91 Å². The van der Waals surface area contributed by atoms with Crippen LogP contribution in [0.4, 0.5) is 10.1 Å². The van der Waals surface area contributed by atoms with Crippen LogP contribution in [0, 0.1) is 5.82 Å². The highest BCUT2D eigenvalue weighted by molar-refractivity contribution is 7.89. The Bertz CT molecular complexity index is 1490. The maximum atomic E-state index is 13.6. The number of nitrogens with one attached hydrogen (secondary N) is 2. The van der Waals surface area contributed by atoms with Crippen molar-refractivity contribution in [3.05, 3.63) is 72.0 Å². The summed E-state index contributed by atoms with van der Waals surface area (Å²) in [6, 6.07) is 13.4. The third-order valence-electron chi connectivity index (χ3n) is 6.54. The van der Waals surface area contributed by atoms with Gasteiger partial charge in [-0.25, -0.2) is 17.5 Å². The average Bonchev–Trinajstić information content (AvgIpc) is 3.28. The fraction of sp³-hybridized carbons (Fsp3) is 0.231. The Morgan fingerprint density at radius 1 is 0.973 bits per heavy atom. The van der Waals surface area contributed by atoms with Gasteiger partial charge in [-0.1, -0.05) is 6.07 Å². The maximum Gasteiger partial charge on any atom is 0.256 e. The number of anilines is 1. The van der Waals surface area contributed by atoms with E-state index >= 15 is 0 Å². The van der Waals surface area contributed by atoms with E-state index in [1.807, 2.05) is 6.07 Å². The van der Waals surface area contributed by atoms with Crippen molar-refractivity contribution in [3.8, 4) is 22.6 Å². The monoisotopic (exact) mass is 525 g/mol. The molecule has 37 heavy (non-hydrogen) atoms. The maximum absolute atomic E-state index is 13.6. The molecular formula is C26H24FN3O6S. The van der Waals surface area contributed by atoms with Gasteiger partial charge in [0.2, 0.25) is 15.9 Å². The van der Waals surface area contributed by atoms with Crippen LogP contribution >= 0.6 is 0 Å². The first-order valence-corrected chi connectivity index (χ1v) is 12.9. The summed E-state index contributed by atoms with van der Waals surface area (Å²) in [5, 5.41) is 2.80. The number of methoxy groups -OCH3 is 2. The van der Waals surface area contributed by atoms with Gasteiger partial charge in [-0.3, -0.25) is 9.59 Å². The number of carbonyl (C=O) groups is 2. The Morgan fingerprint density at radius 3 is 2.43 bits per heavy atom. The molecule has 11 heteroatoms. The second-order valence-electron chi connectivity index (χ2n) is 8.80. The van der Waals surface area contributed by atoms with Crippen molar-refractivity contribution in [1.82, 2.24) is 9.62 Å². The molecule has 9 nitrogen and oxygen atoms in total. The van der Waals surface area contributed by atoms with Crippen LogP contribution in [0.15, 0.2) is 65.6 Å². The lowest BCUT2D eigenvalue weighted by molar-refractivity contribution is -0.119. The second-order valence-corrected chi connectivity index (χ2v) is 10.5. The summed E-state index contributed by atoms with van der Waals surface area (Å²) in [5.74, 6) is -0.172. The molecule has 0 bridgehead atoms. The smallest absolute Gasteiger partial charge is 0.256 e. The van der Waals surface area contributed by atoms with Crippen molar-refractivity contribution >= 4 is 27.5 Å². The van der Waals surface area contributed by atoms with Gasteiger partial charge in [0.05, 0.1) is 30.4 Å². The summed E-state index contributed by atoms with van der Waals surface area (Å²) in [5.41, 5.74) is 2.10. The van der Waals surface area contributed by atoms with Crippen molar-refractivity contribution in [2.75, 3.05) is 26.1 Å². The number of hydrogen-bond donors (Lipinski definition) is 2. The van der Waals surface area contributed by atoms with E-state index in [0.717, 1.165) is 29.8 Å². The van der Waals surface area contributed by atoms with Gasteiger partial charge in [0.15, 0.2) is 0 Å². The minimum absolute atomic E-state index is 0.00681. The summed E-state index contributed by atoms with van der Waals surface area (Å²) < 4.78 is 52.1. The Morgan fingerprint density at radius 2 is 1.73 bits per heavy atom. The molecule has 0 radical (unpaired) electrons. The molecule has 3 aromatic carbocycles. The standard InChI is InChI=1S/C26H24FN3O6S/c1-35-18-6-9-20(24(13-18)36-2)15-3-10-22-21(11-15)26(32)30-14-17(12-23(30)25(31)28-22)29-37(33,34)19-7-4-16(27)5-8-19/h3-11,13,17,23,29H,12,14H2,1-2H3,(H,28,31). The first-order valence-electron chi connectivity index (χ1n) is 11.5. The fourth-order valence-electron chi connectivity index (χ4n) is 4.70. The molecule has 0 saturated carbocycles. The number of nitrogens with zero attached hydrogens (tertiary/aromatic N) is 1. The van der Waals surface area contributed by atoms with Crippen molar-refractivity contribution in [3.63, 3.8) is 0 Å². The van der Waals surface area contributed by atoms with Gasteiger partial charge in [-0.15, -0.1) is 0 Å². The lowest BCUT2D eigenvalue weighted by Gasteiger charge is -2.20. The molecule has 5 rings (SSSR count). The van der Waals surface area contributed by atoms with Crippen molar-refractivity contribution in [2.24, 2.45) is 0 Å². The van der Waals surface area contributed by atoms with E-state index in [-0.39, 0.29) is 23.4 Å². The highest BCUT2D eigenvalue weighted by atomic mass is 32.2. The third kappa shape index (κ3) is 4.63. The van der Waals surface area contributed by atoms with Gasteiger partial charge in [-0.2, -0.15) is 0 Å². The fourth-order valence-corrected chi connectivity index (χ4v) is 5.94. The van der Waals surface area contributed by atoms with Crippen LogP contribution in [0.25, 0.3) is 11.1 Å². The molecule has 2 amide bonds. The first-order chi connectivity index (χ1) is 17.7. The first kappa shape index (κ1) is 24.7. The second kappa shape index (κ2) is 9.49. The topological polar surface area (TPSA) is 114 Å². The van der Waals surface area contributed by atoms with Crippen LogP contribution in [-0.4, -0.2) is 58.0 Å². The van der Waals surface area contributed by atoms with E-state index in [9.17, 15) is 22.4 Å².